The van der Waals surface area contributed by atoms with E-state index in [9.17, 15) is 19.2 Å². The van der Waals surface area contributed by atoms with Gasteiger partial charge in [0.05, 0.1) is 12.6 Å². The maximum Gasteiger partial charge on any atom is 0.328 e. The van der Waals surface area contributed by atoms with Crippen LogP contribution in [0.1, 0.15) is 38.7 Å². The van der Waals surface area contributed by atoms with E-state index in [1.54, 1.807) is 0 Å². The zero-order valence-electron chi connectivity index (χ0n) is 18.1. The Bertz CT molecular complexity index is 789. The highest BCUT2D eigenvalue weighted by Crippen LogP contribution is 2.10. The van der Waals surface area contributed by atoms with Gasteiger partial charge in [0.1, 0.15) is 6.04 Å². The van der Waals surface area contributed by atoms with Crippen molar-refractivity contribution in [2.24, 2.45) is 11.7 Å². The van der Waals surface area contributed by atoms with Crippen LogP contribution in [0.3, 0.4) is 0 Å². The first-order valence-corrected chi connectivity index (χ1v) is 10.6. The fourth-order valence-electron chi connectivity index (χ4n) is 3.11. The molecule has 8 nitrogen and oxygen atoms in total. The van der Waals surface area contributed by atoms with Crippen LogP contribution in [0.25, 0.3) is 0 Å². The molecular formula is C23H31N3O5. The summed E-state index contributed by atoms with van der Waals surface area (Å²) in [5.74, 6) is -1.44. The molecule has 8 heteroatoms. The Labute approximate surface area is 182 Å². The summed E-state index contributed by atoms with van der Waals surface area (Å²) in [7, 11) is 0. The number of unbranched alkanes of at least 4 members (excludes halogenated alkanes) is 1. The molecule has 0 fully saturated rings. The number of rotatable bonds is 12. The van der Waals surface area contributed by atoms with Gasteiger partial charge in [0, 0.05) is 18.7 Å². The summed E-state index contributed by atoms with van der Waals surface area (Å²) < 4.78 is 5.31. The first kappa shape index (κ1) is 24.3. The van der Waals surface area contributed by atoms with E-state index in [4.69, 9.17) is 10.5 Å². The van der Waals surface area contributed by atoms with Crippen molar-refractivity contribution in [2.45, 2.75) is 51.6 Å². The summed E-state index contributed by atoms with van der Waals surface area (Å²) in [6, 6.07) is 7.77. The minimum Gasteiger partial charge on any atom is -0.464 e. The third-order valence-corrected chi connectivity index (χ3v) is 4.82. The average Bonchev–Trinajstić information content (AvgIpc) is 3.06. The minimum atomic E-state index is -0.837. The third-order valence-electron chi connectivity index (χ3n) is 4.82. The van der Waals surface area contributed by atoms with Crippen molar-refractivity contribution in [3.8, 4) is 0 Å². The summed E-state index contributed by atoms with van der Waals surface area (Å²) in [5, 5.41) is 2.71. The first-order chi connectivity index (χ1) is 14.8. The number of carbonyl (C=O) groups is 4. The Morgan fingerprint density at radius 3 is 2.32 bits per heavy atom. The lowest BCUT2D eigenvalue weighted by atomic mass is 10.0. The molecule has 0 bridgehead atoms. The molecule has 168 valence electrons. The molecule has 2 atom stereocenters. The van der Waals surface area contributed by atoms with Gasteiger partial charge < -0.3 is 15.8 Å². The predicted molar refractivity (Wildman–Crippen MR) is 116 cm³/mol. The number of esters is 1. The number of imide groups is 1. The molecule has 1 aliphatic rings. The van der Waals surface area contributed by atoms with Crippen molar-refractivity contribution in [1.82, 2.24) is 10.2 Å². The zero-order chi connectivity index (χ0) is 22.8. The van der Waals surface area contributed by atoms with Crippen LogP contribution in [0, 0.1) is 5.92 Å². The van der Waals surface area contributed by atoms with Crippen molar-refractivity contribution < 1.29 is 23.9 Å². The van der Waals surface area contributed by atoms with E-state index < -0.39 is 24.0 Å². The number of amides is 3. The molecule has 31 heavy (non-hydrogen) atoms. The van der Waals surface area contributed by atoms with Crippen LogP contribution in [0.4, 0.5) is 0 Å². The van der Waals surface area contributed by atoms with Crippen molar-refractivity contribution >= 4 is 23.7 Å². The Morgan fingerprint density at radius 2 is 1.71 bits per heavy atom. The third kappa shape index (κ3) is 7.97. The van der Waals surface area contributed by atoms with Gasteiger partial charge in [-0.25, -0.2) is 4.79 Å². The second kappa shape index (κ2) is 12.0. The van der Waals surface area contributed by atoms with Gasteiger partial charge in [-0.2, -0.15) is 0 Å². The lowest BCUT2D eigenvalue weighted by Gasteiger charge is -2.21. The van der Waals surface area contributed by atoms with Crippen molar-refractivity contribution in [3.63, 3.8) is 0 Å². The number of hydrogen-bond donors (Lipinski definition) is 2. The lowest BCUT2D eigenvalue weighted by Crippen LogP contribution is -2.49. The van der Waals surface area contributed by atoms with Crippen LogP contribution in [0.5, 0.6) is 0 Å². The first-order valence-electron chi connectivity index (χ1n) is 10.6. The Hall–Kier alpha value is -3.00. The monoisotopic (exact) mass is 429 g/mol. The molecule has 0 spiro atoms. The fraction of sp³-hybridized carbons (Fsp3) is 0.478. The molecule has 3 amide bonds. The smallest absolute Gasteiger partial charge is 0.328 e. The maximum atomic E-state index is 12.6. The second-order valence-corrected chi connectivity index (χ2v) is 8.04. The summed E-state index contributed by atoms with van der Waals surface area (Å²) in [5.41, 5.74) is 6.96. The second-order valence-electron chi connectivity index (χ2n) is 8.04. The largest absolute Gasteiger partial charge is 0.464 e. The zero-order valence-corrected chi connectivity index (χ0v) is 18.1. The van der Waals surface area contributed by atoms with Gasteiger partial charge in [-0.15, -0.1) is 0 Å². The van der Waals surface area contributed by atoms with Gasteiger partial charge in [0.15, 0.2) is 0 Å². The molecule has 0 radical (unpaired) electrons. The molecule has 0 unspecified atom stereocenters. The number of benzene rings is 1. The van der Waals surface area contributed by atoms with Crippen LogP contribution in [-0.4, -0.2) is 53.8 Å². The molecule has 1 aromatic carbocycles. The number of nitrogens with two attached hydrogens (primary N) is 1. The molecule has 0 saturated heterocycles. The van der Waals surface area contributed by atoms with Gasteiger partial charge in [-0.1, -0.05) is 44.2 Å². The number of nitrogens with one attached hydrogen (secondary N) is 1. The topological polar surface area (TPSA) is 119 Å². The number of carbonyl (C=O) groups excluding carboxylic acids is 4. The van der Waals surface area contributed by atoms with Gasteiger partial charge in [-0.3, -0.25) is 19.3 Å². The molecule has 0 aromatic heterocycles. The molecule has 1 aliphatic heterocycles. The Kier molecular flexibility index (Phi) is 9.40. The van der Waals surface area contributed by atoms with Crippen LogP contribution in [0.15, 0.2) is 42.5 Å². The standard InChI is InChI=1S/C23H31N3O5/c1-16(2)15-31-23(30)19(10-6-7-13-26-20(27)11-12-21(26)28)25-22(29)18(24)14-17-8-4-3-5-9-17/h3-5,8-9,11-12,16,18-19H,6-7,10,13-15,24H2,1-2H3,(H,25,29)/t18-,19-/m0/s1. The summed E-state index contributed by atoms with van der Waals surface area (Å²) >= 11 is 0. The molecule has 1 heterocycles. The Balaban J connectivity index is 1.89. The van der Waals surface area contributed by atoms with E-state index in [-0.39, 0.29) is 30.9 Å². The van der Waals surface area contributed by atoms with Crippen molar-refractivity contribution in [1.29, 1.82) is 0 Å². The lowest BCUT2D eigenvalue weighted by molar-refractivity contribution is -0.149. The number of hydrogen-bond acceptors (Lipinski definition) is 6. The predicted octanol–water partition coefficient (Wildman–Crippen LogP) is 1.34. The maximum absolute atomic E-state index is 12.6. The Morgan fingerprint density at radius 1 is 1.06 bits per heavy atom. The van der Waals surface area contributed by atoms with Crippen LogP contribution >= 0.6 is 0 Å². The fourth-order valence-corrected chi connectivity index (χ4v) is 3.11. The summed E-state index contributed by atoms with van der Waals surface area (Å²) in [4.78, 5) is 49.5. The molecule has 1 aromatic rings. The normalized spacial score (nSPS) is 15.3. The molecule has 0 saturated carbocycles. The van der Waals surface area contributed by atoms with E-state index in [0.717, 1.165) is 10.5 Å². The summed E-state index contributed by atoms with van der Waals surface area (Å²) in [6.07, 6.45) is 4.19. The SMILES string of the molecule is CC(C)COC(=O)[C@H](CCCCN1C(=O)C=CC1=O)NC(=O)[C@@H](N)Cc1ccccc1. The van der Waals surface area contributed by atoms with E-state index in [1.165, 1.54) is 12.2 Å². The van der Waals surface area contributed by atoms with E-state index in [0.29, 0.717) is 25.7 Å². The number of ether oxygens (including phenoxy) is 1. The van der Waals surface area contributed by atoms with E-state index >= 15 is 0 Å². The van der Waals surface area contributed by atoms with Gasteiger partial charge in [-0.05, 0) is 37.2 Å². The molecular weight excluding hydrogens is 398 g/mol. The highest BCUT2D eigenvalue weighted by Gasteiger charge is 2.26. The highest BCUT2D eigenvalue weighted by atomic mass is 16.5. The number of nitrogens with zero attached hydrogens (tertiary/aromatic N) is 1. The molecule has 0 aliphatic carbocycles. The van der Waals surface area contributed by atoms with Crippen LogP contribution < -0.4 is 11.1 Å². The van der Waals surface area contributed by atoms with Crippen molar-refractivity contribution in [3.05, 3.63) is 48.0 Å². The quantitative estimate of drug-likeness (QED) is 0.294. The van der Waals surface area contributed by atoms with E-state index in [2.05, 4.69) is 5.32 Å². The average molecular weight is 430 g/mol. The summed E-state index contributed by atoms with van der Waals surface area (Å²) in [6.45, 7) is 4.37. The highest BCUT2D eigenvalue weighted by molar-refractivity contribution is 6.12. The van der Waals surface area contributed by atoms with Gasteiger partial charge >= 0.3 is 5.97 Å². The molecule has 3 N–H and O–H groups in total. The van der Waals surface area contributed by atoms with E-state index in [1.807, 2.05) is 44.2 Å². The molecule has 2 rings (SSSR count). The van der Waals surface area contributed by atoms with Crippen LogP contribution in [-0.2, 0) is 30.3 Å². The minimum absolute atomic E-state index is 0.167. The van der Waals surface area contributed by atoms with Crippen LogP contribution in [0.2, 0.25) is 0 Å². The van der Waals surface area contributed by atoms with Crippen molar-refractivity contribution in [2.75, 3.05) is 13.2 Å². The van der Waals surface area contributed by atoms with Gasteiger partial charge in [0.25, 0.3) is 11.8 Å². The van der Waals surface area contributed by atoms with Gasteiger partial charge in [0.2, 0.25) is 5.91 Å².